The molecule has 0 radical (unpaired) electrons. The smallest absolute Gasteiger partial charge is 0.0361 e. The van der Waals surface area contributed by atoms with Crippen molar-refractivity contribution in [3.05, 3.63) is 29.8 Å². The average Bonchev–Trinajstić information content (AvgIpc) is 2.61. The second-order valence-electron chi connectivity index (χ2n) is 6.25. The van der Waals surface area contributed by atoms with Gasteiger partial charge in [0.2, 0.25) is 0 Å². The van der Waals surface area contributed by atoms with Crippen molar-refractivity contribution in [3.63, 3.8) is 0 Å². The lowest BCUT2D eigenvalue weighted by Crippen LogP contribution is -2.27. The fourth-order valence-electron chi connectivity index (χ4n) is 2.87. The van der Waals surface area contributed by atoms with Crippen LogP contribution in [-0.2, 0) is 6.54 Å². The Morgan fingerprint density at radius 3 is 2.47 bits per heavy atom. The summed E-state index contributed by atoms with van der Waals surface area (Å²) in [5, 5.41) is 3.73. The highest BCUT2D eigenvalue weighted by Crippen LogP contribution is 2.23. The van der Waals surface area contributed by atoms with Gasteiger partial charge >= 0.3 is 0 Å². The molecular weight excluding hydrogens is 232 g/mol. The maximum atomic E-state index is 3.73. The predicted octanol–water partition coefficient (Wildman–Crippen LogP) is 3.81. The van der Waals surface area contributed by atoms with Gasteiger partial charge in [0.25, 0.3) is 0 Å². The summed E-state index contributed by atoms with van der Waals surface area (Å²) < 4.78 is 0. The van der Waals surface area contributed by atoms with Gasteiger partial charge in [-0.15, -0.1) is 0 Å². The molecule has 1 N–H and O–H groups in total. The molecule has 0 spiro atoms. The van der Waals surface area contributed by atoms with Gasteiger partial charge in [0, 0.05) is 32.4 Å². The van der Waals surface area contributed by atoms with E-state index in [0.29, 0.717) is 0 Å². The molecule has 0 saturated heterocycles. The van der Waals surface area contributed by atoms with Crippen molar-refractivity contribution in [2.75, 3.05) is 19.0 Å². The highest BCUT2D eigenvalue weighted by Gasteiger charge is 2.15. The van der Waals surface area contributed by atoms with Gasteiger partial charge in [-0.25, -0.2) is 0 Å². The van der Waals surface area contributed by atoms with Gasteiger partial charge in [-0.3, -0.25) is 0 Å². The van der Waals surface area contributed by atoms with Gasteiger partial charge in [0.1, 0.15) is 0 Å². The van der Waals surface area contributed by atoms with Crippen molar-refractivity contribution in [3.8, 4) is 0 Å². The first-order valence-electron chi connectivity index (χ1n) is 7.65. The third-order valence-corrected chi connectivity index (χ3v) is 4.31. The van der Waals surface area contributed by atoms with E-state index in [0.717, 1.165) is 18.5 Å². The van der Waals surface area contributed by atoms with E-state index in [-0.39, 0.29) is 0 Å². The Labute approximate surface area is 118 Å². The zero-order valence-electron chi connectivity index (χ0n) is 12.7. The number of anilines is 1. The quantitative estimate of drug-likeness (QED) is 0.828. The van der Waals surface area contributed by atoms with Gasteiger partial charge in [0.05, 0.1) is 0 Å². The Bertz CT molecular complexity index is 369. The van der Waals surface area contributed by atoms with Crippen LogP contribution in [0.25, 0.3) is 0 Å². The lowest BCUT2D eigenvalue weighted by Gasteiger charge is -2.17. The molecule has 1 aliphatic rings. The van der Waals surface area contributed by atoms with E-state index < -0.39 is 0 Å². The summed E-state index contributed by atoms with van der Waals surface area (Å²) in [6.07, 6.45) is 6.88. The number of hydrogen-bond donors (Lipinski definition) is 1. The van der Waals surface area contributed by atoms with Crippen molar-refractivity contribution in [1.29, 1.82) is 0 Å². The molecule has 106 valence electrons. The van der Waals surface area contributed by atoms with E-state index in [4.69, 9.17) is 0 Å². The topological polar surface area (TPSA) is 15.3 Å². The maximum absolute atomic E-state index is 3.73. The summed E-state index contributed by atoms with van der Waals surface area (Å²) in [6, 6.07) is 9.60. The lowest BCUT2D eigenvalue weighted by molar-refractivity contribution is 0.447. The minimum atomic E-state index is 0.721. The van der Waals surface area contributed by atoms with E-state index in [1.54, 1.807) is 0 Å². The van der Waals surface area contributed by atoms with Crippen LogP contribution in [0.1, 0.15) is 44.6 Å². The second kappa shape index (κ2) is 6.95. The van der Waals surface area contributed by atoms with E-state index >= 15 is 0 Å². The molecule has 0 bridgehead atoms. The molecule has 0 amide bonds. The van der Waals surface area contributed by atoms with Gasteiger partial charge in [-0.2, -0.15) is 0 Å². The number of benzene rings is 1. The molecule has 0 aliphatic heterocycles. The van der Waals surface area contributed by atoms with Crippen LogP contribution in [0.2, 0.25) is 0 Å². The zero-order chi connectivity index (χ0) is 13.7. The molecule has 2 atom stereocenters. The fraction of sp³-hybridized carbons (Fsp3) is 0.647. The number of rotatable bonds is 4. The first-order valence-corrected chi connectivity index (χ1v) is 7.65. The molecule has 2 nitrogen and oxygen atoms in total. The number of nitrogens with zero attached hydrogens (tertiary/aromatic N) is 1. The Morgan fingerprint density at radius 2 is 1.79 bits per heavy atom. The van der Waals surface area contributed by atoms with Crippen molar-refractivity contribution in [2.24, 2.45) is 5.92 Å². The van der Waals surface area contributed by atoms with E-state index in [1.165, 1.54) is 43.4 Å². The van der Waals surface area contributed by atoms with Crippen LogP contribution < -0.4 is 10.2 Å². The van der Waals surface area contributed by atoms with Gasteiger partial charge < -0.3 is 10.2 Å². The van der Waals surface area contributed by atoms with E-state index in [2.05, 4.69) is 55.5 Å². The van der Waals surface area contributed by atoms with Crippen molar-refractivity contribution in [1.82, 2.24) is 5.32 Å². The van der Waals surface area contributed by atoms with Gasteiger partial charge in [-0.05, 0) is 42.9 Å². The molecule has 0 heterocycles. The average molecular weight is 260 g/mol. The Balaban J connectivity index is 1.81. The molecule has 1 aliphatic carbocycles. The molecule has 2 rings (SSSR count). The Morgan fingerprint density at radius 1 is 1.05 bits per heavy atom. The first kappa shape index (κ1) is 14.4. The molecule has 19 heavy (non-hydrogen) atoms. The molecule has 1 aromatic rings. The summed E-state index contributed by atoms with van der Waals surface area (Å²) in [5.41, 5.74) is 2.66. The SMILES string of the molecule is CC1CCCC(NCc2ccc(N(C)C)cc2)CC1. The normalized spacial score (nSPS) is 23.9. The minimum Gasteiger partial charge on any atom is -0.378 e. The molecule has 2 unspecified atom stereocenters. The largest absolute Gasteiger partial charge is 0.378 e. The minimum absolute atomic E-state index is 0.721. The highest BCUT2D eigenvalue weighted by atomic mass is 15.1. The molecular formula is C17H28N2. The van der Waals surface area contributed by atoms with Crippen LogP contribution in [0.3, 0.4) is 0 Å². The maximum Gasteiger partial charge on any atom is 0.0361 e. The van der Waals surface area contributed by atoms with Crippen LogP contribution in [0.4, 0.5) is 5.69 Å². The number of nitrogens with one attached hydrogen (secondary N) is 1. The van der Waals surface area contributed by atoms with Crippen molar-refractivity contribution < 1.29 is 0 Å². The van der Waals surface area contributed by atoms with E-state index in [9.17, 15) is 0 Å². The summed E-state index contributed by atoms with van der Waals surface area (Å²) in [4.78, 5) is 2.14. The highest BCUT2D eigenvalue weighted by molar-refractivity contribution is 5.45. The van der Waals surface area contributed by atoms with Crippen LogP contribution in [0.15, 0.2) is 24.3 Å². The summed E-state index contributed by atoms with van der Waals surface area (Å²) in [6.45, 7) is 3.40. The van der Waals surface area contributed by atoms with Gasteiger partial charge in [0.15, 0.2) is 0 Å². The molecule has 1 saturated carbocycles. The van der Waals surface area contributed by atoms with Crippen LogP contribution >= 0.6 is 0 Å². The zero-order valence-corrected chi connectivity index (χ0v) is 12.7. The first-order chi connectivity index (χ1) is 9.15. The van der Waals surface area contributed by atoms with Crippen molar-refractivity contribution in [2.45, 2.75) is 51.6 Å². The Hall–Kier alpha value is -1.02. The predicted molar refractivity (Wildman–Crippen MR) is 83.6 cm³/mol. The monoisotopic (exact) mass is 260 g/mol. The third-order valence-electron chi connectivity index (χ3n) is 4.31. The van der Waals surface area contributed by atoms with Crippen molar-refractivity contribution >= 4 is 5.69 Å². The molecule has 2 heteroatoms. The van der Waals surface area contributed by atoms with Crippen LogP contribution in [0, 0.1) is 5.92 Å². The summed E-state index contributed by atoms with van der Waals surface area (Å²) in [5.74, 6) is 0.922. The lowest BCUT2D eigenvalue weighted by atomic mass is 10.0. The second-order valence-corrected chi connectivity index (χ2v) is 6.25. The summed E-state index contributed by atoms with van der Waals surface area (Å²) in [7, 11) is 4.17. The third kappa shape index (κ3) is 4.54. The summed E-state index contributed by atoms with van der Waals surface area (Å²) >= 11 is 0. The molecule has 0 aromatic heterocycles. The van der Waals surface area contributed by atoms with E-state index in [1.807, 2.05) is 0 Å². The molecule has 1 fully saturated rings. The fourth-order valence-corrected chi connectivity index (χ4v) is 2.87. The number of hydrogen-bond acceptors (Lipinski definition) is 2. The Kier molecular flexibility index (Phi) is 5.26. The van der Waals surface area contributed by atoms with Gasteiger partial charge in [-0.1, -0.05) is 31.9 Å². The van der Waals surface area contributed by atoms with Crippen LogP contribution in [0.5, 0.6) is 0 Å². The molecule has 1 aromatic carbocycles. The van der Waals surface area contributed by atoms with Crippen LogP contribution in [-0.4, -0.2) is 20.1 Å². The standard InChI is InChI=1S/C17H28N2/c1-14-5-4-6-16(10-7-14)18-13-15-8-11-17(12-9-15)19(2)3/h8-9,11-12,14,16,18H,4-7,10,13H2,1-3H3.